The Morgan fingerprint density at radius 3 is 2.39 bits per heavy atom. The van der Waals surface area contributed by atoms with Crippen molar-refractivity contribution in [3.63, 3.8) is 0 Å². The van der Waals surface area contributed by atoms with Crippen molar-refractivity contribution >= 4 is 29.6 Å². The topological polar surface area (TPSA) is 81.8 Å². The molecule has 0 aliphatic carbocycles. The summed E-state index contributed by atoms with van der Waals surface area (Å²) in [6, 6.07) is 7.51. The van der Waals surface area contributed by atoms with E-state index in [0.29, 0.717) is 12.8 Å². The average Bonchev–Trinajstić information content (AvgIpc) is 2.58. The van der Waals surface area contributed by atoms with Crippen molar-refractivity contribution in [2.75, 3.05) is 36.4 Å². The first-order valence-electron chi connectivity index (χ1n) is 7.80. The maximum atomic E-state index is 11.7. The van der Waals surface area contributed by atoms with Gasteiger partial charge in [-0.1, -0.05) is 0 Å². The monoisotopic (exact) mass is 316 g/mol. The lowest BCUT2D eigenvalue weighted by atomic mass is 10.1. The number of benzene rings is 1. The third kappa shape index (κ3) is 3.61. The molecule has 2 saturated heterocycles. The molecule has 2 heterocycles. The summed E-state index contributed by atoms with van der Waals surface area (Å²) in [4.78, 5) is 37.6. The van der Waals surface area contributed by atoms with Gasteiger partial charge < -0.3 is 15.1 Å². The molecule has 1 aromatic carbocycles. The van der Waals surface area contributed by atoms with E-state index in [4.69, 9.17) is 0 Å². The highest BCUT2D eigenvalue weighted by molar-refractivity contribution is 6.01. The Morgan fingerprint density at radius 1 is 1.09 bits per heavy atom. The predicted molar refractivity (Wildman–Crippen MR) is 86.1 cm³/mol. The highest BCUT2D eigenvalue weighted by Gasteiger charge is 2.26. The van der Waals surface area contributed by atoms with Gasteiger partial charge in [0.1, 0.15) is 6.04 Å². The van der Waals surface area contributed by atoms with E-state index >= 15 is 0 Å². The fourth-order valence-corrected chi connectivity index (χ4v) is 2.89. The first-order valence-corrected chi connectivity index (χ1v) is 7.80. The number of anilines is 2. The van der Waals surface area contributed by atoms with Crippen LogP contribution in [-0.4, -0.2) is 55.3 Å². The summed E-state index contributed by atoms with van der Waals surface area (Å²) in [5.41, 5.74) is 1.96. The first kappa shape index (κ1) is 15.3. The van der Waals surface area contributed by atoms with Gasteiger partial charge in [-0.3, -0.25) is 19.7 Å². The Morgan fingerprint density at radius 2 is 1.78 bits per heavy atom. The van der Waals surface area contributed by atoms with E-state index in [-0.39, 0.29) is 17.9 Å². The second-order valence-electron chi connectivity index (χ2n) is 5.82. The second kappa shape index (κ2) is 6.68. The van der Waals surface area contributed by atoms with Gasteiger partial charge in [0.05, 0.1) is 0 Å². The van der Waals surface area contributed by atoms with Crippen LogP contribution in [-0.2, 0) is 14.4 Å². The minimum absolute atomic E-state index is 0.210. The second-order valence-corrected chi connectivity index (χ2v) is 5.82. The van der Waals surface area contributed by atoms with E-state index in [1.807, 2.05) is 24.3 Å². The number of carbonyl (C=O) groups excluding carboxylic acids is 3. The fourth-order valence-electron chi connectivity index (χ4n) is 2.89. The van der Waals surface area contributed by atoms with Crippen molar-refractivity contribution in [2.45, 2.75) is 18.9 Å². The molecule has 0 saturated carbocycles. The van der Waals surface area contributed by atoms with E-state index in [2.05, 4.69) is 15.5 Å². The van der Waals surface area contributed by atoms with Gasteiger partial charge in [0.15, 0.2) is 0 Å². The summed E-state index contributed by atoms with van der Waals surface area (Å²) in [5.74, 6) is -0.479. The summed E-state index contributed by atoms with van der Waals surface area (Å²) < 4.78 is 0. The van der Waals surface area contributed by atoms with Gasteiger partial charge >= 0.3 is 0 Å². The molecular weight excluding hydrogens is 296 g/mol. The molecule has 7 nitrogen and oxygen atoms in total. The van der Waals surface area contributed by atoms with Gasteiger partial charge in [-0.2, -0.15) is 0 Å². The molecule has 2 fully saturated rings. The van der Waals surface area contributed by atoms with Gasteiger partial charge in [0.2, 0.25) is 18.2 Å². The van der Waals surface area contributed by atoms with Gasteiger partial charge in [-0.05, 0) is 30.7 Å². The van der Waals surface area contributed by atoms with E-state index in [9.17, 15) is 14.4 Å². The summed E-state index contributed by atoms with van der Waals surface area (Å²) in [6.07, 6.45) is 1.77. The van der Waals surface area contributed by atoms with Crippen molar-refractivity contribution < 1.29 is 14.4 Å². The van der Waals surface area contributed by atoms with Gasteiger partial charge in [-0.15, -0.1) is 0 Å². The zero-order chi connectivity index (χ0) is 16.2. The summed E-state index contributed by atoms with van der Waals surface area (Å²) in [7, 11) is 0. The van der Waals surface area contributed by atoms with Crippen LogP contribution in [0.4, 0.5) is 11.4 Å². The zero-order valence-corrected chi connectivity index (χ0v) is 12.8. The summed E-state index contributed by atoms with van der Waals surface area (Å²) in [6.45, 7) is 3.11. The fraction of sp³-hybridized carbons (Fsp3) is 0.438. The van der Waals surface area contributed by atoms with E-state index < -0.39 is 0 Å². The maximum absolute atomic E-state index is 11.7. The number of amides is 3. The Labute approximate surface area is 134 Å². The minimum atomic E-state index is -0.366. The largest absolute Gasteiger partial charge is 0.374 e. The maximum Gasteiger partial charge on any atom is 0.249 e. The van der Waals surface area contributed by atoms with E-state index in [0.717, 1.165) is 44.0 Å². The lowest BCUT2D eigenvalue weighted by Crippen LogP contribution is -2.47. The number of imide groups is 1. The minimum Gasteiger partial charge on any atom is -0.374 e. The molecule has 1 atom stereocenters. The molecule has 2 N–H and O–H groups in total. The molecule has 3 amide bonds. The number of hydrogen-bond acceptors (Lipinski definition) is 5. The van der Waals surface area contributed by atoms with Crippen molar-refractivity contribution in [1.82, 2.24) is 10.2 Å². The third-order valence-electron chi connectivity index (χ3n) is 4.28. The molecule has 0 bridgehead atoms. The number of nitrogens with one attached hydrogen (secondary N) is 2. The van der Waals surface area contributed by atoms with Crippen LogP contribution < -0.4 is 15.5 Å². The van der Waals surface area contributed by atoms with Crippen molar-refractivity contribution in [1.29, 1.82) is 0 Å². The first-order chi connectivity index (χ1) is 11.2. The number of hydrogen-bond donors (Lipinski definition) is 2. The number of carbonyl (C=O) groups is 3. The number of rotatable bonds is 4. The van der Waals surface area contributed by atoms with Crippen LogP contribution >= 0.6 is 0 Å². The zero-order valence-electron chi connectivity index (χ0n) is 12.8. The number of nitrogens with zero attached hydrogens (tertiary/aromatic N) is 2. The normalized spacial score (nSPS) is 21.8. The lowest BCUT2D eigenvalue weighted by molar-refractivity contribution is -0.133. The SMILES string of the molecule is O=CN1CCN(c2ccc(NC3CCC(=O)NC3=O)cc2)CC1. The molecule has 2 aliphatic rings. The molecule has 0 spiro atoms. The molecule has 7 heteroatoms. The van der Waals surface area contributed by atoms with Crippen LogP contribution in [0, 0.1) is 0 Å². The molecule has 0 aromatic heterocycles. The molecule has 1 aromatic rings. The van der Waals surface area contributed by atoms with Crippen LogP contribution in [0.2, 0.25) is 0 Å². The molecule has 0 radical (unpaired) electrons. The van der Waals surface area contributed by atoms with Gasteiger partial charge in [0.25, 0.3) is 0 Å². The highest BCUT2D eigenvalue weighted by Crippen LogP contribution is 2.21. The standard InChI is InChI=1S/C16H20N4O3/c21-11-19-7-9-20(10-8-19)13-3-1-12(2-4-13)17-14-5-6-15(22)18-16(14)23/h1-4,11,14,17H,5-10H2,(H,18,22,23). The van der Waals surface area contributed by atoms with Gasteiger partial charge in [0, 0.05) is 44.0 Å². The van der Waals surface area contributed by atoms with Crippen LogP contribution in [0.25, 0.3) is 0 Å². The predicted octanol–water partition coefficient (Wildman–Crippen LogP) is 0.182. The quantitative estimate of drug-likeness (QED) is 0.612. The van der Waals surface area contributed by atoms with Crippen LogP contribution in [0.1, 0.15) is 12.8 Å². The number of piperidine rings is 1. The molecule has 3 rings (SSSR count). The van der Waals surface area contributed by atoms with Crippen LogP contribution in [0.3, 0.4) is 0 Å². The summed E-state index contributed by atoms with van der Waals surface area (Å²) in [5, 5.41) is 5.50. The van der Waals surface area contributed by atoms with Crippen LogP contribution in [0.15, 0.2) is 24.3 Å². The molecule has 23 heavy (non-hydrogen) atoms. The molecular formula is C16H20N4O3. The van der Waals surface area contributed by atoms with Crippen molar-refractivity contribution in [3.8, 4) is 0 Å². The average molecular weight is 316 g/mol. The number of piperazine rings is 1. The summed E-state index contributed by atoms with van der Waals surface area (Å²) >= 11 is 0. The Balaban J connectivity index is 1.58. The smallest absolute Gasteiger partial charge is 0.249 e. The lowest BCUT2D eigenvalue weighted by Gasteiger charge is -2.34. The van der Waals surface area contributed by atoms with Crippen molar-refractivity contribution in [2.24, 2.45) is 0 Å². The Bertz CT molecular complexity index is 594. The highest BCUT2D eigenvalue weighted by atomic mass is 16.2. The van der Waals surface area contributed by atoms with E-state index in [1.54, 1.807) is 4.90 Å². The third-order valence-corrected chi connectivity index (χ3v) is 4.28. The van der Waals surface area contributed by atoms with E-state index in [1.165, 1.54) is 0 Å². The van der Waals surface area contributed by atoms with Gasteiger partial charge in [-0.25, -0.2) is 0 Å². The molecule has 122 valence electrons. The molecule has 2 aliphatic heterocycles. The Kier molecular flexibility index (Phi) is 4.45. The Hall–Kier alpha value is -2.57. The van der Waals surface area contributed by atoms with Crippen molar-refractivity contribution in [3.05, 3.63) is 24.3 Å². The van der Waals surface area contributed by atoms with Crippen LogP contribution in [0.5, 0.6) is 0 Å². The molecule has 1 unspecified atom stereocenters.